The van der Waals surface area contributed by atoms with Gasteiger partial charge < -0.3 is 10.1 Å². The quantitative estimate of drug-likeness (QED) is 0.821. The maximum absolute atomic E-state index is 5.72. The zero-order valence-corrected chi connectivity index (χ0v) is 10.4. The SMILES string of the molecule is CNC(c1cccc(OC(C)C)c1)C1CC1. The van der Waals surface area contributed by atoms with Crippen molar-refractivity contribution in [2.75, 3.05) is 7.05 Å². The number of rotatable bonds is 5. The molecule has 1 atom stereocenters. The van der Waals surface area contributed by atoms with Crippen molar-refractivity contribution < 1.29 is 4.74 Å². The van der Waals surface area contributed by atoms with Gasteiger partial charge in [-0.1, -0.05) is 12.1 Å². The average Bonchev–Trinajstić information content (AvgIpc) is 3.03. The summed E-state index contributed by atoms with van der Waals surface area (Å²) in [4.78, 5) is 0. The van der Waals surface area contributed by atoms with Crippen molar-refractivity contribution >= 4 is 0 Å². The van der Waals surface area contributed by atoms with Gasteiger partial charge in [0.15, 0.2) is 0 Å². The highest BCUT2D eigenvalue weighted by molar-refractivity contribution is 5.31. The van der Waals surface area contributed by atoms with Crippen molar-refractivity contribution in [1.29, 1.82) is 0 Å². The van der Waals surface area contributed by atoms with Gasteiger partial charge >= 0.3 is 0 Å². The summed E-state index contributed by atoms with van der Waals surface area (Å²) in [7, 11) is 2.04. The molecule has 1 N–H and O–H groups in total. The highest BCUT2D eigenvalue weighted by Crippen LogP contribution is 2.41. The molecule has 0 amide bonds. The smallest absolute Gasteiger partial charge is 0.120 e. The first kappa shape index (κ1) is 11.5. The van der Waals surface area contributed by atoms with Crippen molar-refractivity contribution in [3.05, 3.63) is 29.8 Å². The van der Waals surface area contributed by atoms with Gasteiger partial charge in [-0.15, -0.1) is 0 Å². The Morgan fingerprint density at radius 3 is 2.62 bits per heavy atom. The highest BCUT2D eigenvalue weighted by atomic mass is 16.5. The molecule has 1 aliphatic rings. The van der Waals surface area contributed by atoms with Gasteiger partial charge in [-0.2, -0.15) is 0 Å². The van der Waals surface area contributed by atoms with Crippen LogP contribution < -0.4 is 10.1 Å². The van der Waals surface area contributed by atoms with Crippen LogP contribution in [0, 0.1) is 5.92 Å². The molecular weight excluding hydrogens is 198 g/mol. The Bertz CT molecular complexity index is 344. The second-order valence-corrected chi connectivity index (χ2v) is 4.84. The predicted molar refractivity (Wildman–Crippen MR) is 66.7 cm³/mol. The maximum Gasteiger partial charge on any atom is 0.120 e. The summed E-state index contributed by atoms with van der Waals surface area (Å²) in [5.41, 5.74) is 1.35. The van der Waals surface area contributed by atoms with E-state index in [9.17, 15) is 0 Å². The van der Waals surface area contributed by atoms with Crippen LogP contribution >= 0.6 is 0 Å². The van der Waals surface area contributed by atoms with E-state index in [1.54, 1.807) is 0 Å². The summed E-state index contributed by atoms with van der Waals surface area (Å²) in [6.45, 7) is 4.12. The van der Waals surface area contributed by atoms with Crippen LogP contribution in [0.2, 0.25) is 0 Å². The first-order chi connectivity index (χ1) is 7.70. The van der Waals surface area contributed by atoms with E-state index in [2.05, 4.69) is 37.4 Å². The lowest BCUT2D eigenvalue weighted by molar-refractivity contribution is 0.242. The maximum atomic E-state index is 5.72. The molecule has 88 valence electrons. The minimum Gasteiger partial charge on any atom is -0.491 e. The molecule has 1 unspecified atom stereocenters. The largest absolute Gasteiger partial charge is 0.491 e. The summed E-state index contributed by atoms with van der Waals surface area (Å²) in [6, 6.07) is 8.96. The van der Waals surface area contributed by atoms with E-state index < -0.39 is 0 Å². The molecule has 2 nitrogen and oxygen atoms in total. The first-order valence-electron chi connectivity index (χ1n) is 6.14. The molecule has 1 aromatic carbocycles. The van der Waals surface area contributed by atoms with E-state index in [-0.39, 0.29) is 6.10 Å². The van der Waals surface area contributed by atoms with Gasteiger partial charge in [-0.05, 0) is 57.4 Å². The number of hydrogen-bond acceptors (Lipinski definition) is 2. The van der Waals surface area contributed by atoms with E-state index in [0.29, 0.717) is 6.04 Å². The van der Waals surface area contributed by atoms with Crippen molar-refractivity contribution in [1.82, 2.24) is 5.32 Å². The monoisotopic (exact) mass is 219 g/mol. The highest BCUT2D eigenvalue weighted by Gasteiger charge is 2.31. The Kier molecular flexibility index (Phi) is 3.49. The van der Waals surface area contributed by atoms with Crippen LogP contribution in [0.25, 0.3) is 0 Å². The van der Waals surface area contributed by atoms with Crippen LogP contribution in [0.5, 0.6) is 5.75 Å². The Morgan fingerprint density at radius 2 is 2.06 bits per heavy atom. The summed E-state index contributed by atoms with van der Waals surface area (Å²) in [5, 5.41) is 3.41. The lowest BCUT2D eigenvalue weighted by atomic mass is 10.0. The molecule has 1 saturated carbocycles. The van der Waals surface area contributed by atoms with Crippen LogP contribution in [-0.4, -0.2) is 13.2 Å². The summed E-state index contributed by atoms with van der Waals surface area (Å²) >= 11 is 0. The minimum absolute atomic E-state index is 0.240. The molecule has 2 heteroatoms. The van der Waals surface area contributed by atoms with Gasteiger partial charge in [-0.3, -0.25) is 0 Å². The zero-order chi connectivity index (χ0) is 11.5. The second-order valence-electron chi connectivity index (χ2n) is 4.84. The normalized spacial score (nSPS) is 17.5. The standard InChI is InChI=1S/C14H21NO/c1-10(2)16-13-6-4-5-12(9-13)14(15-3)11-7-8-11/h4-6,9-11,14-15H,7-8H2,1-3H3. The zero-order valence-electron chi connectivity index (χ0n) is 10.4. The predicted octanol–water partition coefficient (Wildman–Crippen LogP) is 3.14. The fraction of sp³-hybridized carbons (Fsp3) is 0.571. The van der Waals surface area contributed by atoms with Gasteiger partial charge in [0.05, 0.1) is 6.10 Å². The van der Waals surface area contributed by atoms with Crippen molar-refractivity contribution in [3.63, 3.8) is 0 Å². The van der Waals surface area contributed by atoms with Crippen LogP contribution in [-0.2, 0) is 0 Å². The van der Waals surface area contributed by atoms with Crippen molar-refractivity contribution in [2.45, 2.75) is 38.8 Å². The Balaban J connectivity index is 2.13. The van der Waals surface area contributed by atoms with Crippen LogP contribution in [0.3, 0.4) is 0 Å². The Hall–Kier alpha value is -1.02. The van der Waals surface area contributed by atoms with Gasteiger partial charge in [0.2, 0.25) is 0 Å². The minimum atomic E-state index is 0.240. The first-order valence-corrected chi connectivity index (χ1v) is 6.14. The topological polar surface area (TPSA) is 21.3 Å². The third-order valence-electron chi connectivity index (χ3n) is 2.99. The molecule has 0 bridgehead atoms. The summed E-state index contributed by atoms with van der Waals surface area (Å²) in [6.07, 6.45) is 2.94. The molecule has 2 rings (SSSR count). The average molecular weight is 219 g/mol. The number of benzene rings is 1. The van der Waals surface area contributed by atoms with Gasteiger partial charge in [0.1, 0.15) is 5.75 Å². The van der Waals surface area contributed by atoms with E-state index in [4.69, 9.17) is 4.74 Å². The molecule has 1 aromatic rings. The lowest BCUT2D eigenvalue weighted by Gasteiger charge is -2.17. The molecule has 0 saturated heterocycles. The number of hydrogen-bond donors (Lipinski definition) is 1. The molecule has 16 heavy (non-hydrogen) atoms. The lowest BCUT2D eigenvalue weighted by Crippen LogP contribution is -2.18. The second kappa shape index (κ2) is 4.88. The van der Waals surface area contributed by atoms with Crippen molar-refractivity contribution in [2.24, 2.45) is 5.92 Å². The molecule has 0 spiro atoms. The molecule has 0 heterocycles. The van der Waals surface area contributed by atoms with Crippen molar-refractivity contribution in [3.8, 4) is 5.75 Å². The Labute approximate surface area is 98.0 Å². The molecule has 1 aliphatic carbocycles. The van der Waals surface area contributed by atoms with E-state index in [0.717, 1.165) is 11.7 Å². The van der Waals surface area contributed by atoms with Gasteiger partial charge in [-0.25, -0.2) is 0 Å². The number of nitrogens with one attached hydrogen (secondary N) is 1. The molecule has 0 radical (unpaired) electrons. The third-order valence-corrected chi connectivity index (χ3v) is 2.99. The molecule has 0 aromatic heterocycles. The van der Waals surface area contributed by atoms with E-state index >= 15 is 0 Å². The Morgan fingerprint density at radius 1 is 1.31 bits per heavy atom. The third kappa shape index (κ3) is 2.76. The fourth-order valence-corrected chi connectivity index (χ4v) is 2.16. The van der Waals surface area contributed by atoms with Crippen LogP contribution in [0.4, 0.5) is 0 Å². The van der Waals surface area contributed by atoms with Crippen LogP contribution in [0.1, 0.15) is 38.3 Å². The number of ether oxygens (including phenoxy) is 1. The molecule has 0 aliphatic heterocycles. The van der Waals surface area contributed by atoms with E-state index in [1.165, 1.54) is 18.4 Å². The fourth-order valence-electron chi connectivity index (χ4n) is 2.16. The molecule has 1 fully saturated rings. The van der Waals surface area contributed by atoms with E-state index in [1.807, 2.05) is 13.1 Å². The molecular formula is C14H21NO. The van der Waals surface area contributed by atoms with Gasteiger partial charge in [0.25, 0.3) is 0 Å². The summed E-state index contributed by atoms with van der Waals surface area (Å²) in [5.74, 6) is 1.80. The summed E-state index contributed by atoms with van der Waals surface area (Å²) < 4.78 is 5.72. The van der Waals surface area contributed by atoms with Crippen LogP contribution in [0.15, 0.2) is 24.3 Å². The van der Waals surface area contributed by atoms with Gasteiger partial charge in [0, 0.05) is 6.04 Å².